The molecule has 0 saturated carbocycles. The number of halogens is 1. The molecule has 2 aromatic rings. The second-order valence-corrected chi connectivity index (χ2v) is 7.89. The number of hydrazone groups is 1. The number of carbonyl (C=O) groups excluding carboxylic acids is 1. The maximum absolute atomic E-state index is 13.2. The fourth-order valence-electron chi connectivity index (χ4n) is 4.00. The lowest BCUT2D eigenvalue weighted by Gasteiger charge is -2.29. The minimum Gasteiger partial charge on any atom is -0.454 e. The Labute approximate surface area is 179 Å². The van der Waals surface area contributed by atoms with Crippen molar-refractivity contribution < 1.29 is 19.0 Å². The van der Waals surface area contributed by atoms with E-state index in [1.54, 1.807) is 5.01 Å². The zero-order valence-electron chi connectivity index (χ0n) is 16.4. The minimum absolute atomic E-state index is 0.0402. The van der Waals surface area contributed by atoms with Crippen molar-refractivity contribution in [1.29, 1.82) is 0 Å². The maximum Gasteiger partial charge on any atom is 0.257 e. The van der Waals surface area contributed by atoms with Gasteiger partial charge in [-0.1, -0.05) is 35.9 Å². The molecule has 2 aromatic carbocycles. The van der Waals surface area contributed by atoms with Gasteiger partial charge in [0.05, 0.1) is 31.5 Å². The Morgan fingerprint density at radius 1 is 1.10 bits per heavy atom. The summed E-state index contributed by atoms with van der Waals surface area (Å²) in [4.78, 5) is 15.3. The van der Waals surface area contributed by atoms with Crippen molar-refractivity contribution in [3.8, 4) is 11.5 Å². The van der Waals surface area contributed by atoms with Gasteiger partial charge in [-0.3, -0.25) is 9.69 Å². The van der Waals surface area contributed by atoms with Crippen molar-refractivity contribution in [3.63, 3.8) is 0 Å². The van der Waals surface area contributed by atoms with Crippen LogP contribution in [0.2, 0.25) is 5.02 Å². The number of amides is 1. The van der Waals surface area contributed by atoms with E-state index in [4.69, 9.17) is 30.9 Å². The van der Waals surface area contributed by atoms with Gasteiger partial charge < -0.3 is 14.2 Å². The van der Waals surface area contributed by atoms with Crippen molar-refractivity contribution in [1.82, 2.24) is 9.91 Å². The fraction of sp³-hybridized carbons (Fsp3) is 0.364. The molecule has 1 saturated heterocycles. The highest BCUT2D eigenvalue weighted by Gasteiger charge is 2.35. The Morgan fingerprint density at radius 2 is 1.90 bits per heavy atom. The molecule has 0 spiro atoms. The predicted molar refractivity (Wildman–Crippen MR) is 112 cm³/mol. The van der Waals surface area contributed by atoms with Gasteiger partial charge in [0.1, 0.15) is 0 Å². The van der Waals surface area contributed by atoms with Crippen LogP contribution >= 0.6 is 11.6 Å². The third-order valence-electron chi connectivity index (χ3n) is 5.59. The Bertz CT molecular complexity index is 990. The van der Waals surface area contributed by atoms with E-state index < -0.39 is 0 Å². The summed E-state index contributed by atoms with van der Waals surface area (Å²) >= 11 is 6.41. The number of rotatable bonds is 4. The van der Waals surface area contributed by atoms with Gasteiger partial charge in [0.2, 0.25) is 6.79 Å². The normalized spacial score (nSPS) is 21.0. The molecule has 0 aliphatic carbocycles. The molecule has 30 heavy (non-hydrogen) atoms. The molecule has 0 aromatic heterocycles. The SMILES string of the molecule is O=C(CN1CCOCC1)N1N=C(c2ccccc2Cl)CC1c1ccc2c(c1)OCO2. The Balaban J connectivity index is 1.45. The molecule has 1 fully saturated rings. The first-order chi connectivity index (χ1) is 14.7. The third-order valence-corrected chi connectivity index (χ3v) is 5.92. The van der Waals surface area contributed by atoms with E-state index >= 15 is 0 Å². The van der Waals surface area contributed by atoms with Gasteiger partial charge in [-0.2, -0.15) is 5.10 Å². The van der Waals surface area contributed by atoms with Crippen LogP contribution in [0.25, 0.3) is 0 Å². The van der Waals surface area contributed by atoms with E-state index in [9.17, 15) is 4.79 Å². The molecule has 3 aliphatic rings. The fourth-order valence-corrected chi connectivity index (χ4v) is 4.25. The van der Waals surface area contributed by atoms with Gasteiger partial charge >= 0.3 is 0 Å². The number of benzene rings is 2. The number of nitrogens with zero attached hydrogens (tertiary/aromatic N) is 3. The molecule has 1 unspecified atom stereocenters. The van der Waals surface area contributed by atoms with Crippen LogP contribution in [0.4, 0.5) is 0 Å². The van der Waals surface area contributed by atoms with Crippen LogP contribution in [0.15, 0.2) is 47.6 Å². The van der Waals surface area contributed by atoms with Crippen LogP contribution < -0.4 is 9.47 Å². The summed E-state index contributed by atoms with van der Waals surface area (Å²) in [5.41, 5.74) is 2.62. The molecule has 0 radical (unpaired) electrons. The molecule has 0 bridgehead atoms. The molecular weight excluding hydrogens is 406 g/mol. The van der Waals surface area contributed by atoms with Crippen LogP contribution in [0.1, 0.15) is 23.6 Å². The molecule has 0 N–H and O–H groups in total. The summed E-state index contributed by atoms with van der Waals surface area (Å²) in [6.45, 7) is 3.30. The average molecular weight is 428 g/mol. The van der Waals surface area contributed by atoms with Crippen molar-refractivity contribution in [3.05, 3.63) is 58.6 Å². The molecular formula is C22H22ClN3O4. The lowest BCUT2D eigenvalue weighted by molar-refractivity contribution is -0.135. The van der Waals surface area contributed by atoms with Crippen LogP contribution in [-0.2, 0) is 9.53 Å². The number of ether oxygens (including phenoxy) is 3. The summed E-state index contributed by atoms with van der Waals surface area (Å²) in [5.74, 6) is 1.37. The molecule has 3 aliphatic heterocycles. The number of hydrogen-bond acceptors (Lipinski definition) is 6. The Hall–Kier alpha value is -2.61. The van der Waals surface area contributed by atoms with Crippen LogP contribution in [0.3, 0.4) is 0 Å². The molecule has 8 heteroatoms. The summed E-state index contributed by atoms with van der Waals surface area (Å²) in [7, 11) is 0. The highest BCUT2D eigenvalue weighted by atomic mass is 35.5. The molecule has 156 valence electrons. The standard InChI is InChI=1S/C22H22ClN3O4/c23-17-4-2-1-3-16(17)18-12-19(15-5-6-20-21(11-15)30-14-29-20)26(24-18)22(27)13-25-7-9-28-10-8-25/h1-6,11,19H,7-10,12-14H2. The number of fused-ring (bicyclic) bond motifs is 1. The quantitative estimate of drug-likeness (QED) is 0.750. The largest absolute Gasteiger partial charge is 0.454 e. The highest BCUT2D eigenvalue weighted by molar-refractivity contribution is 6.34. The van der Waals surface area contributed by atoms with Crippen molar-refractivity contribution >= 4 is 23.2 Å². The lowest BCUT2D eigenvalue weighted by atomic mass is 9.98. The topological polar surface area (TPSA) is 63.6 Å². The van der Waals surface area contributed by atoms with Crippen molar-refractivity contribution in [2.24, 2.45) is 5.10 Å². The summed E-state index contributed by atoms with van der Waals surface area (Å²) in [5, 5.41) is 6.95. The van der Waals surface area contributed by atoms with E-state index in [-0.39, 0.29) is 18.7 Å². The zero-order chi connectivity index (χ0) is 20.5. The first kappa shape index (κ1) is 19.4. The summed E-state index contributed by atoms with van der Waals surface area (Å²) in [6.07, 6.45) is 0.582. The number of morpholine rings is 1. The van der Waals surface area contributed by atoms with Gasteiger partial charge in [-0.15, -0.1) is 0 Å². The van der Waals surface area contributed by atoms with E-state index in [1.165, 1.54) is 0 Å². The number of carbonyl (C=O) groups is 1. The lowest BCUT2D eigenvalue weighted by Crippen LogP contribution is -2.43. The summed E-state index contributed by atoms with van der Waals surface area (Å²) in [6, 6.07) is 13.2. The van der Waals surface area contributed by atoms with E-state index in [0.717, 1.165) is 35.7 Å². The van der Waals surface area contributed by atoms with Gasteiger partial charge in [0, 0.05) is 30.1 Å². The molecule has 3 heterocycles. The monoisotopic (exact) mass is 427 g/mol. The van der Waals surface area contributed by atoms with Crippen LogP contribution in [0, 0.1) is 0 Å². The summed E-state index contributed by atoms with van der Waals surface area (Å²) < 4.78 is 16.4. The third kappa shape index (κ3) is 3.76. The molecule has 7 nitrogen and oxygen atoms in total. The Morgan fingerprint density at radius 3 is 2.73 bits per heavy atom. The van der Waals surface area contributed by atoms with Gasteiger partial charge in [0.25, 0.3) is 5.91 Å². The second kappa shape index (κ2) is 8.26. The number of hydrogen-bond donors (Lipinski definition) is 0. The first-order valence-corrected chi connectivity index (χ1v) is 10.4. The predicted octanol–water partition coefficient (Wildman–Crippen LogP) is 3.08. The average Bonchev–Trinajstić information content (AvgIpc) is 3.41. The van der Waals surface area contributed by atoms with Gasteiger partial charge in [-0.05, 0) is 23.8 Å². The van der Waals surface area contributed by atoms with E-state index in [2.05, 4.69) is 4.90 Å². The second-order valence-electron chi connectivity index (χ2n) is 7.49. The smallest absolute Gasteiger partial charge is 0.257 e. The Kier molecular flexibility index (Phi) is 5.33. The minimum atomic E-state index is -0.223. The maximum atomic E-state index is 13.2. The van der Waals surface area contributed by atoms with Crippen LogP contribution in [-0.4, -0.2) is 61.2 Å². The van der Waals surface area contributed by atoms with Crippen molar-refractivity contribution in [2.45, 2.75) is 12.5 Å². The van der Waals surface area contributed by atoms with Gasteiger partial charge in [0.15, 0.2) is 11.5 Å². The highest BCUT2D eigenvalue weighted by Crippen LogP contribution is 2.39. The van der Waals surface area contributed by atoms with Crippen LogP contribution in [0.5, 0.6) is 11.5 Å². The van der Waals surface area contributed by atoms with Crippen molar-refractivity contribution in [2.75, 3.05) is 39.6 Å². The van der Waals surface area contributed by atoms with E-state index in [1.807, 2.05) is 42.5 Å². The van der Waals surface area contributed by atoms with Gasteiger partial charge in [-0.25, -0.2) is 5.01 Å². The first-order valence-electron chi connectivity index (χ1n) is 10.0. The molecule has 1 amide bonds. The molecule has 1 atom stereocenters. The molecule has 5 rings (SSSR count). The van der Waals surface area contributed by atoms with E-state index in [0.29, 0.717) is 37.0 Å². The zero-order valence-corrected chi connectivity index (χ0v) is 17.2.